The Kier molecular flexibility index (Phi) is 4.09. The molecule has 4 heteroatoms. The highest BCUT2D eigenvalue weighted by molar-refractivity contribution is 5.50. The van der Waals surface area contributed by atoms with E-state index >= 15 is 0 Å². The molecule has 1 heterocycles. The smallest absolute Gasteiger partial charge is 0.119 e. The molecule has 1 aromatic rings. The highest BCUT2D eigenvalue weighted by atomic mass is 16.5. The predicted octanol–water partition coefficient (Wildman–Crippen LogP) is 1.89. The highest BCUT2D eigenvalue weighted by Gasteiger charge is 2.23. The maximum Gasteiger partial charge on any atom is 0.119 e. The van der Waals surface area contributed by atoms with Gasteiger partial charge in [-0.1, -0.05) is 0 Å². The molecule has 100 valence electrons. The molecular formula is C14H22N2O2. The van der Waals surface area contributed by atoms with Crippen molar-refractivity contribution in [2.24, 2.45) is 0 Å². The third kappa shape index (κ3) is 2.94. The molecule has 0 bridgehead atoms. The van der Waals surface area contributed by atoms with Crippen molar-refractivity contribution in [3.05, 3.63) is 23.8 Å². The second kappa shape index (κ2) is 5.59. The van der Waals surface area contributed by atoms with Gasteiger partial charge in [-0.2, -0.15) is 0 Å². The number of nitrogens with zero attached hydrogens (tertiary/aromatic N) is 1. The van der Waals surface area contributed by atoms with E-state index in [-0.39, 0.29) is 6.10 Å². The summed E-state index contributed by atoms with van der Waals surface area (Å²) in [6.07, 6.45) is 0.285. The van der Waals surface area contributed by atoms with E-state index in [1.165, 1.54) is 0 Å². The zero-order valence-electron chi connectivity index (χ0n) is 11.3. The number of morpholine rings is 1. The van der Waals surface area contributed by atoms with Crippen LogP contribution in [-0.4, -0.2) is 37.3 Å². The quantitative estimate of drug-likeness (QED) is 0.832. The maximum absolute atomic E-state index is 6.03. The van der Waals surface area contributed by atoms with E-state index in [1.54, 1.807) is 7.11 Å². The van der Waals surface area contributed by atoms with Crippen molar-refractivity contribution in [2.75, 3.05) is 26.0 Å². The molecule has 0 radical (unpaired) electrons. The number of hydrogen-bond acceptors (Lipinski definition) is 4. The van der Waals surface area contributed by atoms with E-state index in [2.05, 4.69) is 18.7 Å². The molecule has 0 spiro atoms. The maximum atomic E-state index is 6.03. The Balaban J connectivity index is 2.12. The van der Waals surface area contributed by atoms with Gasteiger partial charge in [0.1, 0.15) is 5.75 Å². The van der Waals surface area contributed by atoms with E-state index < -0.39 is 0 Å². The number of nitrogen functional groups attached to an aromatic ring is 1. The lowest BCUT2D eigenvalue weighted by atomic mass is 10.1. The van der Waals surface area contributed by atoms with Gasteiger partial charge in [-0.15, -0.1) is 0 Å². The average molecular weight is 250 g/mol. The fraction of sp³-hybridized carbons (Fsp3) is 0.571. The Morgan fingerprint density at radius 3 is 2.94 bits per heavy atom. The summed E-state index contributed by atoms with van der Waals surface area (Å²) in [5.41, 5.74) is 7.97. The third-order valence-corrected chi connectivity index (χ3v) is 3.46. The molecule has 1 aliphatic rings. The molecule has 0 saturated carbocycles. The van der Waals surface area contributed by atoms with Gasteiger partial charge in [0.25, 0.3) is 0 Å². The topological polar surface area (TPSA) is 47.7 Å². The number of anilines is 1. The van der Waals surface area contributed by atoms with E-state index in [4.69, 9.17) is 15.2 Å². The van der Waals surface area contributed by atoms with Gasteiger partial charge in [-0.3, -0.25) is 4.90 Å². The van der Waals surface area contributed by atoms with Crippen molar-refractivity contribution in [1.82, 2.24) is 4.90 Å². The summed E-state index contributed by atoms with van der Waals surface area (Å²) in [4.78, 5) is 2.40. The van der Waals surface area contributed by atoms with Gasteiger partial charge in [0, 0.05) is 24.8 Å². The van der Waals surface area contributed by atoms with E-state index in [9.17, 15) is 0 Å². The Labute approximate surface area is 109 Å². The van der Waals surface area contributed by atoms with Crippen LogP contribution < -0.4 is 10.5 Å². The molecule has 1 aliphatic heterocycles. The summed E-state index contributed by atoms with van der Waals surface area (Å²) >= 11 is 0. The van der Waals surface area contributed by atoms with Crippen molar-refractivity contribution in [3.63, 3.8) is 0 Å². The molecule has 0 amide bonds. The predicted molar refractivity (Wildman–Crippen MR) is 72.7 cm³/mol. The second-order valence-corrected chi connectivity index (χ2v) is 4.99. The Bertz CT molecular complexity index is 409. The molecule has 4 nitrogen and oxygen atoms in total. The van der Waals surface area contributed by atoms with Crippen LogP contribution in [0.15, 0.2) is 18.2 Å². The van der Waals surface area contributed by atoms with E-state index in [0.717, 1.165) is 36.7 Å². The summed E-state index contributed by atoms with van der Waals surface area (Å²) in [6, 6.07) is 6.24. The van der Waals surface area contributed by atoms with Crippen LogP contribution in [-0.2, 0) is 11.3 Å². The van der Waals surface area contributed by atoms with Crippen LogP contribution in [0.3, 0.4) is 0 Å². The molecule has 1 aromatic carbocycles. The molecule has 0 aliphatic carbocycles. The summed E-state index contributed by atoms with van der Waals surface area (Å²) in [5.74, 6) is 0.855. The van der Waals surface area contributed by atoms with Crippen LogP contribution in [0, 0.1) is 0 Å². The van der Waals surface area contributed by atoms with Crippen molar-refractivity contribution in [2.45, 2.75) is 32.5 Å². The van der Waals surface area contributed by atoms with Crippen LogP contribution in [0.2, 0.25) is 0 Å². The van der Waals surface area contributed by atoms with Crippen molar-refractivity contribution in [3.8, 4) is 5.75 Å². The third-order valence-electron chi connectivity index (χ3n) is 3.46. The van der Waals surface area contributed by atoms with Crippen LogP contribution in [0.5, 0.6) is 5.75 Å². The van der Waals surface area contributed by atoms with Crippen LogP contribution in [0.25, 0.3) is 0 Å². The van der Waals surface area contributed by atoms with E-state index in [1.807, 2.05) is 18.2 Å². The van der Waals surface area contributed by atoms with Gasteiger partial charge < -0.3 is 15.2 Å². The number of rotatable bonds is 3. The molecule has 1 saturated heterocycles. The molecular weight excluding hydrogens is 228 g/mol. The minimum absolute atomic E-state index is 0.285. The number of ether oxygens (including phenoxy) is 2. The number of nitrogens with two attached hydrogens (primary N) is 1. The lowest BCUT2D eigenvalue weighted by Crippen LogP contribution is -2.46. The first-order valence-electron chi connectivity index (χ1n) is 6.38. The summed E-state index contributed by atoms with van der Waals surface area (Å²) in [6.45, 7) is 6.86. The molecule has 2 rings (SSSR count). The van der Waals surface area contributed by atoms with Gasteiger partial charge >= 0.3 is 0 Å². The van der Waals surface area contributed by atoms with Crippen molar-refractivity contribution in [1.29, 1.82) is 0 Å². The normalized spacial score (nSPS) is 25.1. The van der Waals surface area contributed by atoms with Crippen LogP contribution in [0.1, 0.15) is 19.4 Å². The monoisotopic (exact) mass is 250 g/mol. The van der Waals surface area contributed by atoms with Gasteiger partial charge in [0.2, 0.25) is 0 Å². The lowest BCUT2D eigenvalue weighted by Gasteiger charge is -2.37. The molecule has 2 unspecified atom stereocenters. The summed E-state index contributed by atoms with van der Waals surface area (Å²) < 4.78 is 10.9. The average Bonchev–Trinajstić information content (AvgIpc) is 2.36. The largest absolute Gasteiger partial charge is 0.497 e. The fourth-order valence-electron chi connectivity index (χ4n) is 2.26. The van der Waals surface area contributed by atoms with Gasteiger partial charge in [0.15, 0.2) is 0 Å². The van der Waals surface area contributed by atoms with Gasteiger partial charge in [-0.25, -0.2) is 0 Å². The molecule has 0 aromatic heterocycles. The number of benzene rings is 1. The summed E-state index contributed by atoms with van der Waals surface area (Å²) in [7, 11) is 1.68. The van der Waals surface area contributed by atoms with Crippen molar-refractivity contribution >= 4 is 5.69 Å². The SMILES string of the molecule is COc1ccc(N)c(CN2CC(C)OCC2C)c1. The standard InChI is InChI=1S/C14H22N2O2/c1-10-9-18-11(2)7-16(10)8-12-6-13(17-3)4-5-14(12)15/h4-6,10-11H,7-9,15H2,1-3H3. The first kappa shape index (κ1) is 13.2. The van der Waals surface area contributed by atoms with E-state index in [0.29, 0.717) is 6.04 Å². The molecule has 2 N–H and O–H groups in total. The first-order chi connectivity index (χ1) is 8.60. The number of hydrogen-bond donors (Lipinski definition) is 1. The number of methoxy groups -OCH3 is 1. The van der Waals surface area contributed by atoms with Crippen molar-refractivity contribution < 1.29 is 9.47 Å². The second-order valence-electron chi connectivity index (χ2n) is 4.99. The Morgan fingerprint density at radius 1 is 1.44 bits per heavy atom. The molecule has 18 heavy (non-hydrogen) atoms. The fourth-order valence-corrected chi connectivity index (χ4v) is 2.26. The minimum atomic E-state index is 0.285. The Hall–Kier alpha value is -1.26. The summed E-state index contributed by atoms with van der Waals surface area (Å²) in [5, 5.41) is 0. The lowest BCUT2D eigenvalue weighted by molar-refractivity contribution is -0.0526. The zero-order valence-corrected chi connectivity index (χ0v) is 11.3. The van der Waals surface area contributed by atoms with Gasteiger partial charge in [0.05, 0.1) is 19.8 Å². The van der Waals surface area contributed by atoms with Crippen LogP contribution in [0.4, 0.5) is 5.69 Å². The Morgan fingerprint density at radius 2 is 2.22 bits per heavy atom. The van der Waals surface area contributed by atoms with Gasteiger partial charge in [-0.05, 0) is 37.6 Å². The minimum Gasteiger partial charge on any atom is -0.497 e. The zero-order chi connectivity index (χ0) is 13.1. The molecule has 2 atom stereocenters. The molecule has 1 fully saturated rings. The first-order valence-corrected chi connectivity index (χ1v) is 6.38. The van der Waals surface area contributed by atoms with Crippen LogP contribution >= 0.6 is 0 Å². The highest BCUT2D eigenvalue weighted by Crippen LogP contribution is 2.23.